The van der Waals surface area contributed by atoms with Crippen molar-refractivity contribution in [3.8, 4) is 5.75 Å². The summed E-state index contributed by atoms with van der Waals surface area (Å²) in [6, 6.07) is 25.2. The Morgan fingerprint density at radius 2 is 1.71 bits per heavy atom. The van der Waals surface area contributed by atoms with E-state index < -0.39 is 0 Å². The second kappa shape index (κ2) is 10.9. The van der Waals surface area contributed by atoms with E-state index in [-0.39, 0.29) is 11.9 Å². The van der Waals surface area contributed by atoms with E-state index in [0.29, 0.717) is 21.6 Å². The standard InChI is InChI=1S/C27H26ClN3O2S/c1-30(2)24(20-7-5-4-6-8-20)18-31-26(32)25(17-19-9-11-21(28)12-10-19)34-27(31)29-22-13-15-23(33-3)16-14-22/h4-17,24H,18H2,1-3H3/b25-17-,29-27?/t24-/m0/s1. The molecular formula is C27H26ClN3O2S. The minimum atomic E-state index is -0.0602. The highest BCUT2D eigenvalue weighted by molar-refractivity contribution is 8.18. The number of hydrogen-bond donors (Lipinski definition) is 0. The molecule has 1 saturated heterocycles. The van der Waals surface area contributed by atoms with Gasteiger partial charge in [0, 0.05) is 11.6 Å². The van der Waals surface area contributed by atoms with Crippen molar-refractivity contribution in [1.29, 1.82) is 0 Å². The summed E-state index contributed by atoms with van der Waals surface area (Å²) < 4.78 is 5.25. The number of aliphatic imine (C=N–C) groups is 1. The Kier molecular flexibility index (Phi) is 7.73. The summed E-state index contributed by atoms with van der Waals surface area (Å²) >= 11 is 7.41. The number of nitrogens with zero attached hydrogens (tertiary/aromatic N) is 3. The van der Waals surface area contributed by atoms with E-state index in [4.69, 9.17) is 21.3 Å². The minimum Gasteiger partial charge on any atom is -0.497 e. The maximum absolute atomic E-state index is 13.6. The van der Waals surface area contributed by atoms with E-state index >= 15 is 0 Å². The van der Waals surface area contributed by atoms with Gasteiger partial charge in [0.25, 0.3) is 5.91 Å². The first-order valence-corrected chi connectivity index (χ1v) is 12.0. The van der Waals surface area contributed by atoms with E-state index in [1.54, 1.807) is 12.0 Å². The third kappa shape index (κ3) is 5.70. The van der Waals surface area contributed by atoms with Crippen LogP contribution in [0.25, 0.3) is 6.08 Å². The molecule has 1 aliphatic heterocycles. The molecule has 0 bridgehead atoms. The normalized spacial score (nSPS) is 17.1. The zero-order valence-corrected chi connectivity index (χ0v) is 20.9. The van der Waals surface area contributed by atoms with Crippen molar-refractivity contribution in [3.63, 3.8) is 0 Å². The van der Waals surface area contributed by atoms with Crippen LogP contribution in [0.5, 0.6) is 5.75 Å². The van der Waals surface area contributed by atoms with Gasteiger partial charge in [-0.2, -0.15) is 0 Å². The van der Waals surface area contributed by atoms with Crippen molar-refractivity contribution in [2.75, 3.05) is 27.7 Å². The number of thioether (sulfide) groups is 1. The van der Waals surface area contributed by atoms with Crippen LogP contribution >= 0.6 is 23.4 Å². The molecular weight excluding hydrogens is 466 g/mol. The molecule has 34 heavy (non-hydrogen) atoms. The van der Waals surface area contributed by atoms with E-state index in [1.807, 2.05) is 86.9 Å². The number of carbonyl (C=O) groups is 1. The molecule has 0 radical (unpaired) electrons. The molecule has 0 unspecified atom stereocenters. The monoisotopic (exact) mass is 491 g/mol. The molecule has 0 N–H and O–H groups in total. The number of amides is 1. The van der Waals surface area contributed by atoms with Gasteiger partial charge in [0.1, 0.15) is 5.75 Å². The zero-order chi connectivity index (χ0) is 24.1. The van der Waals surface area contributed by atoms with Gasteiger partial charge in [-0.25, -0.2) is 4.99 Å². The zero-order valence-electron chi connectivity index (χ0n) is 19.3. The van der Waals surface area contributed by atoms with Crippen molar-refractivity contribution in [1.82, 2.24) is 9.80 Å². The first-order chi connectivity index (χ1) is 16.4. The highest BCUT2D eigenvalue weighted by Gasteiger charge is 2.35. The molecule has 1 atom stereocenters. The van der Waals surface area contributed by atoms with E-state index in [0.717, 1.165) is 22.6 Å². The lowest BCUT2D eigenvalue weighted by atomic mass is 10.1. The van der Waals surface area contributed by atoms with Gasteiger partial charge in [0.15, 0.2) is 5.17 Å². The molecule has 1 fully saturated rings. The Labute approximate surface area is 209 Å². The second-order valence-corrected chi connectivity index (χ2v) is 9.51. The molecule has 0 aliphatic carbocycles. The highest BCUT2D eigenvalue weighted by Crippen LogP contribution is 2.36. The lowest BCUT2D eigenvalue weighted by Crippen LogP contribution is -2.37. The Bertz CT molecular complexity index is 1190. The number of hydrogen-bond acceptors (Lipinski definition) is 5. The molecule has 5 nitrogen and oxygen atoms in total. The predicted molar refractivity (Wildman–Crippen MR) is 142 cm³/mol. The fourth-order valence-electron chi connectivity index (χ4n) is 3.64. The maximum Gasteiger partial charge on any atom is 0.266 e. The Morgan fingerprint density at radius 1 is 1.03 bits per heavy atom. The highest BCUT2D eigenvalue weighted by atomic mass is 35.5. The predicted octanol–water partition coefficient (Wildman–Crippen LogP) is 6.26. The largest absolute Gasteiger partial charge is 0.497 e. The number of carbonyl (C=O) groups excluding carboxylic acids is 1. The molecule has 174 valence electrons. The van der Waals surface area contributed by atoms with Gasteiger partial charge in [-0.15, -0.1) is 0 Å². The average molecular weight is 492 g/mol. The Morgan fingerprint density at radius 3 is 2.32 bits per heavy atom. The second-order valence-electron chi connectivity index (χ2n) is 8.06. The fraction of sp³-hybridized carbons (Fsp3) is 0.185. The summed E-state index contributed by atoms with van der Waals surface area (Å²) in [5, 5.41) is 1.31. The van der Waals surface area contributed by atoms with Crippen LogP contribution in [-0.2, 0) is 4.79 Å². The molecule has 0 aromatic heterocycles. The molecule has 0 saturated carbocycles. The first-order valence-electron chi connectivity index (χ1n) is 10.9. The fourth-order valence-corrected chi connectivity index (χ4v) is 4.78. The molecule has 0 spiro atoms. The van der Waals surface area contributed by atoms with Crippen molar-refractivity contribution in [2.24, 2.45) is 4.99 Å². The quantitative estimate of drug-likeness (QED) is 0.366. The van der Waals surface area contributed by atoms with Gasteiger partial charge in [-0.05, 0) is 79.5 Å². The Hall–Kier alpha value is -3.06. The van der Waals surface area contributed by atoms with Crippen LogP contribution in [0.1, 0.15) is 17.2 Å². The molecule has 3 aromatic carbocycles. The Balaban J connectivity index is 1.70. The average Bonchev–Trinajstić information content (AvgIpc) is 3.13. The number of amidine groups is 1. The smallest absolute Gasteiger partial charge is 0.266 e. The minimum absolute atomic E-state index is 0.0155. The number of rotatable bonds is 7. The lowest BCUT2D eigenvalue weighted by molar-refractivity contribution is -0.122. The summed E-state index contributed by atoms with van der Waals surface area (Å²) in [6.45, 7) is 0.482. The molecule has 7 heteroatoms. The summed E-state index contributed by atoms with van der Waals surface area (Å²) in [7, 11) is 5.68. The van der Waals surface area contributed by atoms with E-state index in [2.05, 4.69) is 17.0 Å². The van der Waals surface area contributed by atoms with Gasteiger partial charge in [-0.1, -0.05) is 54.1 Å². The van der Waals surface area contributed by atoms with Crippen molar-refractivity contribution in [2.45, 2.75) is 6.04 Å². The van der Waals surface area contributed by atoms with Crippen LogP contribution in [0, 0.1) is 0 Å². The molecule has 3 aromatic rings. The summed E-state index contributed by atoms with van der Waals surface area (Å²) in [4.78, 5) is 22.9. The van der Waals surface area contributed by atoms with Gasteiger partial charge in [-0.3, -0.25) is 9.69 Å². The number of ether oxygens (including phenoxy) is 1. The number of benzene rings is 3. The van der Waals surface area contributed by atoms with Gasteiger partial charge in [0.05, 0.1) is 23.7 Å². The molecule has 1 heterocycles. The third-order valence-corrected chi connectivity index (χ3v) is 6.77. The van der Waals surface area contributed by atoms with Crippen molar-refractivity contribution in [3.05, 3.63) is 99.9 Å². The number of halogens is 1. The molecule has 1 aliphatic rings. The summed E-state index contributed by atoms with van der Waals surface area (Å²) in [6.07, 6.45) is 1.89. The van der Waals surface area contributed by atoms with Crippen molar-refractivity contribution < 1.29 is 9.53 Å². The van der Waals surface area contributed by atoms with Crippen LogP contribution < -0.4 is 4.74 Å². The number of likely N-dealkylation sites (N-methyl/N-ethyl adjacent to an activating group) is 1. The first kappa shape index (κ1) is 24.1. The van der Waals surface area contributed by atoms with Crippen LogP contribution in [0.4, 0.5) is 5.69 Å². The topological polar surface area (TPSA) is 45.1 Å². The van der Waals surface area contributed by atoms with Crippen LogP contribution in [-0.4, -0.2) is 48.6 Å². The van der Waals surface area contributed by atoms with Gasteiger partial charge in [0.2, 0.25) is 0 Å². The SMILES string of the molecule is COc1ccc(N=C2S/C(=C\c3ccc(Cl)cc3)C(=O)N2C[C@@H](c2ccccc2)N(C)C)cc1. The summed E-state index contributed by atoms with van der Waals surface area (Å²) in [5.41, 5.74) is 2.82. The summed E-state index contributed by atoms with van der Waals surface area (Å²) in [5.74, 6) is 0.700. The molecule has 1 amide bonds. The maximum atomic E-state index is 13.6. The van der Waals surface area contributed by atoms with Gasteiger partial charge < -0.3 is 9.64 Å². The van der Waals surface area contributed by atoms with Crippen LogP contribution in [0.2, 0.25) is 5.02 Å². The lowest BCUT2D eigenvalue weighted by Gasteiger charge is -2.29. The third-order valence-electron chi connectivity index (χ3n) is 5.52. The van der Waals surface area contributed by atoms with Gasteiger partial charge >= 0.3 is 0 Å². The number of methoxy groups -OCH3 is 1. The van der Waals surface area contributed by atoms with E-state index in [1.165, 1.54) is 11.8 Å². The molecule has 4 rings (SSSR count). The van der Waals surface area contributed by atoms with Crippen molar-refractivity contribution >= 4 is 46.2 Å². The van der Waals surface area contributed by atoms with E-state index in [9.17, 15) is 4.79 Å². The van der Waals surface area contributed by atoms with Crippen LogP contribution in [0.3, 0.4) is 0 Å². The van der Waals surface area contributed by atoms with Crippen LogP contribution in [0.15, 0.2) is 88.8 Å².